The first-order valence-electron chi connectivity index (χ1n) is 6.73. The van der Waals surface area contributed by atoms with Gasteiger partial charge in [-0.15, -0.1) is 0 Å². The number of unbranched alkanes of at least 4 members (excludes halogenated alkanes) is 1. The summed E-state index contributed by atoms with van der Waals surface area (Å²) in [5.41, 5.74) is -0.667. The normalized spacial score (nSPS) is 27.6. The number of sulfone groups is 1. The second-order valence-corrected chi connectivity index (χ2v) is 7.36. The summed E-state index contributed by atoms with van der Waals surface area (Å²) in [7, 11) is -3.60. The Labute approximate surface area is 118 Å². The van der Waals surface area contributed by atoms with Crippen molar-refractivity contribution < 1.29 is 22.7 Å². The van der Waals surface area contributed by atoms with Gasteiger partial charge in [0.2, 0.25) is 15.7 Å². The minimum Gasteiger partial charge on any atom is -0.350 e. The Morgan fingerprint density at radius 3 is 2.80 bits per heavy atom. The summed E-state index contributed by atoms with van der Waals surface area (Å²) in [5, 5.41) is -0.825. The predicted octanol–water partition coefficient (Wildman–Crippen LogP) is 0.979. The highest BCUT2D eigenvalue weighted by molar-refractivity contribution is 7.92. The molecule has 1 fully saturated rings. The number of carbonyl (C=O) groups excluding carboxylic acids is 2. The molecular formula is C13H19NO5S. The quantitative estimate of drug-likeness (QED) is 0.683. The summed E-state index contributed by atoms with van der Waals surface area (Å²) in [5.74, 6) is -0.294. The van der Waals surface area contributed by atoms with Gasteiger partial charge in [0, 0.05) is 12.6 Å². The first kappa shape index (κ1) is 15.2. The number of carbonyl (C=O) groups is 2. The number of Topliss-reactive ketones (excluding diaryl/α,β-unsaturated/α-hetero) is 1. The highest BCUT2D eigenvalue weighted by atomic mass is 32.2. The molecule has 20 heavy (non-hydrogen) atoms. The molecule has 0 saturated carbocycles. The Balaban J connectivity index is 2.04. The number of rotatable bonds is 6. The van der Waals surface area contributed by atoms with E-state index in [0.717, 1.165) is 12.8 Å². The second-order valence-electron chi connectivity index (χ2n) is 5.21. The fourth-order valence-electron chi connectivity index (χ4n) is 2.35. The number of β-lactam (4-membered cyclic amide) rings is 1. The minimum atomic E-state index is -3.60. The Hall–Kier alpha value is -1.21. The number of fused-ring (bicyclic) bond motifs is 1. The molecule has 0 radical (unpaired) electrons. The summed E-state index contributed by atoms with van der Waals surface area (Å²) in [6.07, 6.45) is 3.60. The van der Waals surface area contributed by atoms with Crippen molar-refractivity contribution in [3.05, 3.63) is 11.8 Å². The van der Waals surface area contributed by atoms with E-state index in [1.54, 1.807) is 6.92 Å². The molecular weight excluding hydrogens is 282 g/mol. The van der Waals surface area contributed by atoms with Gasteiger partial charge in [-0.25, -0.2) is 8.42 Å². The molecule has 0 N–H and O–H groups in total. The predicted molar refractivity (Wildman–Crippen MR) is 72.2 cm³/mol. The van der Waals surface area contributed by atoms with Crippen LogP contribution in [0.25, 0.3) is 0 Å². The summed E-state index contributed by atoms with van der Waals surface area (Å²) < 4.78 is 29.9. The highest BCUT2D eigenvalue weighted by Crippen LogP contribution is 2.35. The molecule has 2 aliphatic rings. The third-order valence-corrected chi connectivity index (χ3v) is 5.80. The highest BCUT2D eigenvalue weighted by Gasteiger charge is 2.51. The van der Waals surface area contributed by atoms with Gasteiger partial charge in [-0.2, -0.15) is 0 Å². The van der Waals surface area contributed by atoms with Crippen LogP contribution >= 0.6 is 0 Å². The SMILES string of the molecule is CCCCC(=O)COC1C(C)=CN2C(=O)C[C@H]2S1(=O)=O. The van der Waals surface area contributed by atoms with Crippen molar-refractivity contribution in [2.24, 2.45) is 0 Å². The molecule has 1 unspecified atom stereocenters. The Morgan fingerprint density at radius 2 is 2.20 bits per heavy atom. The zero-order valence-electron chi connectivity index (χ0n) is 11.7. The molecule has 0 spiro atoms. The van der Waals surface area contributed by atoms with Crippen molar-refractivity contribution in [1.29, 1.82) is 0 Å². The van der Waals surface area contributed by atoms with E-state index in [2.05, 4.69) is 0 Å². The van der Waals surface area contributed by atoms with Gasteiger partial charge in [-0.3, -0.25) is 9.59 Å². The Kier molecular flexibility index (Phi) is 4.29. The largest absolute Gasteiger partial charge is 0.350 e. The fraction of sp³-hybridized carbons (Fsp3) is 0.692. The molecule has 2 atom stereocenters. The van der Waals surface area contributed by atoms with Gasteiger partial charge in [-0.05, 0) is 18.9 Å². The summed E-state index contributed by atoms with van der Waals surface area (Å²) in [6.45, 7) is 3.38. The number of hydrogen-bond acceptors (Lipinski definition) is 5. The van der Waals surface area contributed by atoms with E-state index in [-0.39, 0.29) is 24.7 Å². The van der Waals surface area contributed by atoms with Crippen LogP contribution in [0.5, 0.6) is 0 Å². The molecule has 7 heteroatoms. The minimum absolute atomic E-state index is 0.00421. The van der Waals surface area contributed by atoms with E-state index in [0.29, 0.717) is 12.0 Å². The smallest absolute Gasteiger partial charge is 0.230 e. The van der Waals surface area contributed by atoms with Crippen molar-refractivity contribution in [1.82, 2.24) is 4.90 Å². The number of amides is 1. The monoisotopic (exact) mass is 301 g/mol. The second kappa shape index (κ2) is 5.65. The van der Waals surface area contributed by atoms with E-state index < -0.39 is 20.6 Å². The molecule has 0 aliphatic carbocycles. The van der Waals surface area contributed by atoms with Crippen molar-refractivity contribution in [2.45, 2.75) is 50.3 Å². The maximum atomic E-state index is 12.3. The fourth-order valence-corrected chi connectivity index (χ4v) is 4.35. The third-order valence-electron chi connectivity index (χ3n) is 3.54. The van der Waals surface area contributed by atoms with Gasteiger partial charge < -0.3 is 9.64 Å². The lowest BCUT2D eigenvalue weighted by atomic mass is 10.2. The van der Waals surface area contributed by atoms with E-state index in [1.165, 1.54) is 11.1 Å². The van der Waals surface area contributed by atoms with Gasteiger partial charge in [0.05, 0.1) is 6.42 Å². The van der Waals surface area contributed by atoms with Gasteiger partial charge in [0.15, 0.2) is 11.2 Å². The van der Waals surface area contributed by atoms with E-state index >= 15 is 0 Å². The maximum Gasteiger partial charge on any atom is 0.230 e. The van der Waals surface area contributed by atoms with Gasteiger partial charge in [0.1, 0.15) is 12.0 Å². The molecule has 0 aromatic rings. The molecule has 6 nitrogen and oxygen atoms in total. The maximum absolute atomic E-state index is 12.3. The van der Waals surface area contributed by atoms with Crippen molar-refractivity contribution in [3.63, 3.8) is 0 Å². The number of nitrogens with zero attached hydrogens (tertiary/aromatic N) is 1. The molecule has 112 valence electrons. The number of ether oxygens (including phenoxy) is 1. The lowest BCUT2D eigenvalue weighted by molar-refractivity contribution is -0.138. The third kappa shape index (κ3) is 2.64. The molecule has 1 saturated heterocycles. The van der Waals surface area contributed by atoms with Crippen molar-refractivity contribution in [3.8, 4) is 0 Å². The Bertz CT molecular complexity index is 551. The zero-order valence-corrected chi connectivity index (χ0v) is 12.5. The van der Waals surface area contributed by atoms with Crippen LogP contribution < -0.4 is 0 Å². The van der Waals surface area contributed by atoms with Crippen LogP contribution in [0.2, 0.25) is 0 Å². The first-order chi connectivity index (χ1) is 9.37. The summed E-state index contributed by atoms with van der Waals surface area (Å²) in [6, 6.07) is 0. The van der Waals surface area contributed by atoms with Gasteiger partial charge in [-0.1, -0.05) is 13.3 Å². The number of ketones is 1. The van der Waals surface area contributed by atoms with E-state index in [1.807, 2.05) is 6.92 Å². The van der Waals surface area contributed by atoms with Crippen LogP contribution in [0.1, 0.15) is 39.5 Å². The van der Waals surface area contributed by atoms with Gasteiger partial charge >= 0.3 is 0 Å². The van der Waals surface area contributed by atoms with E-state index in [9.17, 15) is 18.0 Å². The Morgan fingerprint density at radius 1 is 1.50 bits per heavy atom. The molecule has 0 bridgehead atoms. The van der Waals surface area contributed by atoms with Crippen LogP contribution in [0, 0.1) is 0 Å². The van der Waals surface area contributed by atoms with Crippen LogP contribution in [-0.4, -0.2) is 42.4 Å². The first-order valence-corrected chi connectivity index (χ1v) is 8.34. The van der Waals surface area contributed by atoms with Crippen LogP contribution in [0.3, 0.4) is 0 Å². The molecule has 2 heterocycles. The van der Waals surface area contributed by atoms with Gasteiger partial charge in [0.25, 0.3) is 0 Å². The van der Waals surface area contributed by atoms with Crippen molar-refractivity contribution >= 4 is 21.5 Å². The molecule has 0 aromatic carbocycles. The topological polar surface area (TPSA) is 80.8 Å². The lowest BCUT2D eigenvalue weighted by Gasteiger charge is -2.43. The zero-order chi connectivity index (χ0) is 14.9. The van der Waals surface area contributed by atoms with Crippen LogP contribution in [0.15, 0.2) is 11.8 Å². The molecule has 1 amide bonds. The molecule has 2 rings (SSSR count). The summed E-state index contributed by atoms with van der Waals surface area (Å²) >= 11 is 0. The standard InChI is InChI=1S/C13H19NO5S/c1-3-4-5-10(15)8-19-13-9(2)7-14-11(16)6-12(14)20(13,17)18/h7,12-13H,3-6,8H2,1-2H3/t12-,13?/m1/s1. The average Bonchev–Trinajstić information content (AvgIpc) is 2.38. The average molecular weight is 301 g/mol. The van der Waals surface area contributed by atoms with Crippen LogP contribution in [0.4, 0.5) is 0 Å². The van der Waals surface area contributed by atoms with E-state index in [4.69, 9.17) is 4.74 Å². The molecule has 2 aliphatic heterocycles. The number of hydrogen-bond donors (Lipinski definition) is 0. The molecule has 0 aromatic heterocycles. The van der Waals surface area contributed by atoms with Crippen molar-refractivity contribution in [2.75, 3.05) is 6.61 Å². The lowest BCUT2D eigenvalue weighted by Crippen LogP contribution is -2.59. The summed E-state index contributed by atoms with van der Waals surface area (Å²) in [4.78, 5) is 24.1. The van der Waals surface area contributed by atoms with Crippen LogP contribution in [-0.2, 0) is 24.2 Å².